The number of aryl methyl sites for hydroxylation is 1. The SMILES string of the molecule is CCOC(=O)C1=C(CN[C@H](C)CCc2ccccc2)NC(=O)N[C@H]1C. The van der Waals surface area contributed by atoms with E-state index < -0.39 is 5.97 Å². The van der Waals surface area contributed by atoms with Crippen molar-refractivity contribution in [2.45, 2.75) is 45.7 Å². The van der Waals surface area contributed by atoms with Crippen LogP contribution in [0.1, 0.15) is 32.8 Å². The van der Waals surface area contributed by atoms with Gasteiger partial charge < -0.3 is 20.7 Å². The minimum atomic E-state index is -0.392. The van der Waals surface area contributed by atoms with Gasteiger partial charge in [0.05, 0.1) is 18.2 Å². The monoisotopic (exact) mass is 345 g/mol. The number of urea groups is 1. The summed E-state index contributed by atoms with van der Waals surface area (Å²) in [5.74, 6) is -0.392. The molecule has 0 fully saturated rings. The van der Waals surface area contributed by atoms with Crippen LogP contribution >= 0.6 is 0 Å². The molecule has 1 heterocycles. The van der Waals surface area contributed by atoms with E-state index in [1.165, 1.54) is 5.56 Å². The summed E-state index contributed by atoms with van der Waals surface area (Å²) < 4.78 is 5.11. The highest BCUT2D eigenvalue weighted by molar-refractivity contribution is 5.94. The zero-order valence-electron chi connectivity index (χ0n) is 15.1. The molecule has 2 atom stereocenters. The highest BCUT2D eigenvalue weighted by Crippen LogP contribution is 2.14. The highest BCUT2D eigenvalue weighted by Gasteiger charge is 2.29. The third kappa shape index (κ3) is 5.60. The summed E-state index contributed by atoms with van der Waals surface area (Å²) in [6.45, 7) is 6.37. The Kier molecular flexibility index (Phi) is 7.01. The van der Waals surface area contributed by atoms with E-state index in [1.54, 1.807) is 13.8 Å². The molecule has 0 aliphatic carbocycles. The maximum atomic E-state index is 12.2. The number of amides is 2. The lowest BCUT2D eigenvalue weighted by molar-refractivity contribution is -0.139. The maximum absolute atomic E-state index is 12.2. The van der Waals surface area contributed by atoms with Crippen LogP contribution in [0.25, 0.3) is 0 Å². The van der Waals surface area contributed by atoms with Crippen molar-refractivity contribution in [3.63, 3.8) is 0 Å². The van der Waals surface area contributed by atoms with E-state index in [2.05, 4.69) is 35.0 Å². The lowest BCUT2D eigenvalue weighted by Gasteiger charge is -2.27. The number of esters is 1. The van der Waals surface area contributed by atoms with E-state index in [9.17, 15) is 9.59 Å². The quantitative estimate of drug-likeness (QED) is 0.631. The Morgan fingerprint density at radius 2 is 2.04 bits per heavy atom. The normalized spacial score (nSPS) is 18.4. The number of rotatable bonds is 8. The number of ether oxygens (including phenoxy) is 1. The zero-order chi connectivity index (χ0) is 18.2. The molecular weight excluding hydrogens is 318 g/mol. The first-order valence-electron chi connectivity index (χ1n) is 8.76. The van der Waals surface area contributed by atoms with Gasteiger partial charge in [-0.15, -0.1) is 0 Å². The number of hydrogen-bond donors (Lipinski definition) is 3. The standard InChI is InChI=1S/C19H27N3O3/c1-4-25-18(23)17-14(3)21-19(24)22-16(17)12-20-13(2)10-11-15-8-6-5-7-9-15/h5-9,13-14,20H,4,10-12H2,1-3H3,(H2,21,22,24)/t13-,14+/m1/s1. The average Bonchev–Trinajstić information content (AvgIpc) is 2.58. The van der Waals surface area contributed by atoms with Crippen molar-refractivity contribution in [3.8, 4) is 0 Å². The van der Waals surface area contributed by atoms with Crippen LogP contribution in [0.2, 0.25) is 0 Å². The molecule has 1 aromatic rings. The smallest absolute Gasteiger partial charge is 0.337 e. The van der Waals surface area contributed by atoms with Crippen molar-refractivity contribution in [2.24, 2.45) is 0 Å². The molecule has 0 saturated carbocycles. The van der Waals surface area contributed by atoms with E-state index in [0.717, 1.165) is 12.8 Å². The zero-order valence-corrected chi connectivity index (χ0v) is 15.1. The maximum Gasteiger partial charge on any atom is 0.337 e. The summed E-state index contributed by atoms with van der Waals surface area (Å²) in [6, 6.07) is 9.89. The lowest BCUT2D eigenvalue weighted by Crippen LogP contribution is -2.51. The highest BCUT2D eigenvalue weighted by atomic mass is 16.5. The molecule has 6 nitrogen and oxygen atoms in total. The Morgan fingerprint density at radius 3 is 2.72 bits per heavy atom. The number of carbonyl (C=O) groups excluding carboxylic acids is 2. The molecule has 6 heteroatoms. The summed E-state index contributed by atoms with van der Waals surface area (Å²) in [5.41, 5.74) is 2.36. The average molecular weight is 345 g/mol. The van der Waals surface area contributed by atoms with Crippen LogP contribution in [-0.2, 0) is 16.0 Å². The van der Waals surface area contributed by atoms with Crippen molar-refractivity contribution in [3.05, 3.63) is 47.2 Å². The lowest BCUT2D eigenvalue weighted by atomic mass is 10.0. The van der Waals surface area contributed by atoms with E-state index in [4.69, 9.17) is 4.74 Å². The minimum absolute atomic E-state index is 0.248. The summed E-state index contributed by atoms with van der Waals surface area (Å²) >= 11 is 0. The fourth-order valence-corrected chi connectivity index (χ4v) is 2.83. The molecule has 1 aromatic carbocycles. The van der Waals surface area contributed by atoms with Crippen molar-refractivity contribution in [2.75, 3.05) is 13.2 Å². The van der Waals surface area contributed by atoms with Gasteiger partial charge in [-0.2, -0.15) is 0 Å². The first-order chi connectivity index (χ1) is 12.0. The van der Waals surface area contributed by atoms with E-state index in [0.29, 0.717) is 24.4 Å². The first kappa shape index (κ1) is 19.0. The Bertz CT molecular complexity index is 628. The predicted octanol–water partition coefficient (Wildman–Crippen LogP) is 2.12. The van der Waals surface area contributed by atoms with Crippen molar-refractivity contribution < 1.29 is 14.3 Å². The fourth-order valence-electron chi connectivity index (χ4n) is 2.83. The van der Waals surface area contributed by atoms with Crippen LogP contribution < -0.4 is 16.0 Å². The van der Waals surface area contributed by atoms with Gasteiger partial charge in [0, 0.05) is 18.3 Å². The van der Waals surface area contributed by atoms with E-state index in [1.807, 2.05) is 18.2 Å². The second kappa shape index (κ2) is 9.22. The van der Waals surface area contributed by atoms with Gasteiger partial charge in [-0.1, -0.05) is 30.3 Å². The van der Waals surface area contributed by atoms with Gasteiger partial charge in [0.15, 0.2) is 0 Å². The van der Waals surface area contributed by atoms with Gasteiger partial charge in [0.2, 0.25) is 0 Å². The molecule has 136 valence electrons. The van der Waals surface area contributed by atoms with E-state index >= 15 is 0 Å². The second-order valence-corrected chi connectivity index (χ2v) is 6.24. The minimum Gasteiger partial charge on any atom is -0.463 e. The second-order valence-electron chi connectivity index (χ2n) is 6.24. The number of hydrogen-bond acceptors (Lipinski definition) is 4. The van der Waals surface area contributed by atoms with E-state index in [-0.39, 0.29) is 18.1 Å². The molecule has 0 spiro atoms. The molecular formula is C19H27N3O3. The Morgan fingerprint density at radius 1 is 1.32 bits per heavy atom. The van der Waals surface area contributed by atoms with Gasteiger partial charge in [-0.05, 0) is 39.2 Å². The molecule has 1 aliphatic heterocycles. The van der Waals surface area contributed by atoms with Crippen molar-refractivity contribution in [1.29, 1.82) is 0 Å². The van der Waals surface area contributed by atoms with Crippen LogP contribution in [-0.4, -0.2) is 37.2 Å². The molecule has 1 aliphatic rings. The third-order valence-electron chi connectivity index (χ3n) is 4.20. The first-order valence-corrected chi connectivity index (χ1v) is 8.76. The summed E-state index contributed by atoms with van der Waals surface area (Å²) in [6.07, 6.45) is 1.94. The Hall–Kier alpha value is -2.34. The summed E-state index contributed by atoms with van der Waals surface area (Å²) in [7, 11) is 0. The molecule has 2 amide bonds. The number of benzene rings is 1. The molecule has 0 saturated heterocycles. The van der Waals surface area contributed by atoms with Gasteiger partial charge in [0.25, 0.3) is 0 Å². The van der Waals surface area contributed by atoms with Crippen LogP contribution in [0.3, 0.4) is 0 Å². The topological polar surface area (TPSA) is 79.5 Å². The largest absolute Gasteiger partial charge is 0.463 e. The Labute approximate surface area is 149 Å². The number of carbonyl (C=O) groups is 2. The van der Waals surface area contributed by atoms with Crippen LogP contribution in [0, 0.1) is 0 Å². The van der Waals surface area contributed by atoms with Crippen LogP contribution in [0.4, 0.5) is 4.79 Å². The molecule has 0 bridgehead atoms. The molecule has 0 radical (unpaired) electrons. The fraction of sp³-hybridized carbons (Fsp3) is 0.474. The Balaban J connectivity index is 1.95. The van der Waals surface area contributed by atoms with Gasteiger partial charge in [-0.25, -0.2) is 9.59 Å². The van der Waals surface area contributed by atoms with Gasteiger partial charge >= 0.3 is 12.0 Å². The molecule has 25 heavy (non-hydrogen) atoms. The van der Waals surface area contributed by atoms with Crippen LogP contribution in [0.5, 0.6) is 0 Å². The van der Waals surface area contributed by atoms with Gasteiger partial charge in [-0.3, -0.25) is 0 Å². The molecule has 3 N–H and O–H groups in total. The molecule has 0 unspecified atom stereocenters. The molecule has 2 rings (SSSR count). The predicted molar refractivity (Wildman–Crippen MR) is 97.0 cm³/mol. The molecule has 0 aromatic heterocycles. The summed E-state index contributed by atoms with van der Waals surface area (Å²) in [4.78, 5) is 23.9. The number of nitrogens with one attached hydrogen (secondary N) is 3. The van der Waals surface area contributed by atoms with Gasteiger partial charge in [0.1, 0.15) is 0 Å². The third-order valence-corrected chi connectivity index (χ3v) is 4.20. The van der Waals surface area contributed by atoms with Crippen molar-refractivity contribution in [1.82, 2.24) is 16.0 Å². The van der Waals surface area contributed by atoms with Crippen molar-refractivity contribution >= 4 is 12.0 Å². The summed E-state index contributed by atoms with van der Waals surface area (Å²) in [5, 5.41) is 8.81. The van der Waals surface area contributed by atoms with Crippen LogP contribution in [0.15, 0.2) is 41.6 Å².